The van der Waals surface area contributed by atoms with Crippen LogP contribution in [0.4, 0.5) is 0 Å². The van der Waals surface area contributed by atoms with Crippen LogP contribution < -0.4 is 0 Å². The fourth-order valence-electron chi connectivity index (χ4n) is 2.02. The van der Waals surface area contributed by atoms with E-state index >= 15 is 0 Å². The molecule has 1 unspecified atom stereocenters. The average molecular weight is 256 g/mol. The van der Waals surface area contributed by atoms with Crippen molar-refractivity contribution in [3.05, 3.63) is 34.3 Å². The minimum Gasteiger partial charge on any atom is -0.480 e. The van der Waals surface area contributed by atoms with Crippen molar-refractivity contribution in [3.63, 3.8) is 0 Å². The van der Waals surface area contributed by atoms with Crippen LogP contribution in [-0.4, -0.2) is 29.1 Å². The van der Waals surface area contributed by atoms with Crippen LogP contribution in [0.15, 0.2) is 18.2 Å². The van der Waals surface area contributed by atoms with Gasteiger partial charge in [-0.25, -0.2) is 0 Å². The number of hydrogen-bond donors (Lipinski definition) is 1. The molecular weight excluding hydrogens is 238 g/mol. The maximum atomic E-state index is 11.4. The topological polar surface area (TPSA) is 40.5 Å². The van der Waals surface area contributed by atoms with Crippen LogP contribution in [0.1, 0.15) is 31.0 Å². The predicted molar refractivity (Wildman–Crippen MR) is 69.5 cm³/mol. The highest BCUT2D eigenvalue weighted by Crippen LogP contribution is 2.26. The normalized spacial score (nSPS) is 12.8. The lowest BCUT2D eigenvalue weighted by Gasteiger charge is -2.27. The van der Waals surface area contributed by atoms with E-state index < -0.39 is 12.0 Å². The molecule has 0 aliphatic rings. The third-order valence-electron chi connectivity index (χ3n) is 2.94. The lowest BCUT2D eigenvalue weighted by atomic mass is 10.00. The molecule has 0 aliphatic heterocycles. The minimum absolute atomic E-state index is 0.595. The molecule has 0 spiro atoms. The van der Waals surface area contributed by atoms with Crippen LogP contribution in [0.5, 0.6) is 0 Å². The lowest BCUT2D eigenvalue weighted by Crippen LogP contribution is -2.34. The van der Waals surface area contributed by atoms with E-state index in [1.54, 1.807) is 18.2 Å². The van der Waals surface area contributed by atoms with E-state index in [2.05, 4.69) is 0 Å². The van der Waals surface area contributed by atoms with Gasteiger partial charge in [0.1, 0.15) is 6.04 Å². The fraction of sp³-hybridized carbons (Fsp3) is 0.462. The van der Waals surface area contributed by atoms with Gasteiger partial charge in [-0.1, -0.05) is 31.5 Å². The van der Waals surface area contributed by atoms with Crippen LogP contribution in [0, 0.1) is 6.92 Å². The van der Waals surface area contributed by atoms with Gasteiger partial charge in [0.25, 0.3) is 0 Å². The molecule has 0 saturated carbocycles. The summed E-state index contributed by atoms with van der Waals surface area (Å²) in [7, 11) is 0. The molecule has 0 radical (unpaired) electrons. The molecule has 0 heterocycles. The van der Waals surface area contributed by atoms with Crippen molar-refractivity contribution in [2.45, 2.75) is 26.8 Å². The van der Waals surface area contributed by atoms with Crippen molar-refractivity contribution < 1.29 is 9.90 Å². The molecule has 0 aromatic heterocycles. The van der Waals surface area contributed by atoms with Gasteiger partial charge in [-0.05, 0) is 43.3 Å². The number of carboxylic acids is 1. The molecule has 0 fully saturated rings. The highest BCUT2D eigenvalue weighted by Gasteiger charge is 2.26. The highest BCUT2D eigenvalue weighted by molar-refractivity contribution is 6.30. The van der Waals surface area contributed by atoms with Crippen molar-refractivity contribution >= 4 is 17.6 Å². The molecule has 0 aliphatic carbocycles. The van der Waals surface area contributed by atoms with Crippen molar-refractivity contribution in [1.29, 1.82) is 0 Å². The molecule has 1 atom stereocenters. The Morgan fingerprint density at radius 2 is 2.00 bits per heavy atom. The van der Waals surface area contributed by atoms with Gasteiger partial charge in [-0.15, -0.1) is 0 Å². The number of halogens is 1. The summed E-state index contributed by atoms with van der Waals surface area (Å²) in [5.74, 6) is -0.820. The van der Waals surface area contributed by atoms with Crippen LogP contribution in [0.25, 0.3) is 0 Å². The minimum atomic E-state index is -0.820. The first-order valence-electron chi connectivity index (χ1n) is 5.74. The summed E-state index contributed by atoms with van der Waals surface area (Å²) in [5, 5.41) is 10.0. The van der Waals surface area contributed by atoms with Crippen molar-refractivity contribution in [2.24, 2.45) is 0 Å². The van der Waals surface area contributed by atoms with Crippen LogP contribution in [0.3, 0.4) is 0 Å². The van der Waals surface area contributed by atoms with Crippen LogP contribution >= 0.6 is 11.6 Å². The Bertz CT molecular complexity index is 402. The number of hydrogen-bond acceptors (Lipinski definition) is 2. The summed E-state index contributed by atoms with van der Waals surface area (Å²) in [5.41, 5.74) is 1.72. The molecule has 0 bridgehead atoms. The summed E-state index contributed by atoms with van der Waals surface area (Å²) >= 11 is 5.89. The maximum Gasteiger partial charge on any atom is 0.325 e. The Balaban J connectivity index is 3.18. The summed E-state index contributed by atoms with van der Waals surface area (Å²) in [6.45, 7) is 7.22. The third-order valence-corrected chi connectivity index (χ3v) is 3.17. The number of nitrogens with zero attached hydrogens (tertiary/aromatic N) is 1. The Hall–Kier alpha value is -1.06. The molecule has 94 valence electrons. The standard InChI is InChI=1S/C13H18ClNO2/c1-4-15(5-2)12(13(16)17)11-7-6-10(14)8-9(11)3/h6-8,12H,4-5H2,1-3H3,(H,16,17). The monoisotopic (exact) mass is 255 g/mol. The van der Waals surface area contributed by atoms with Gasteiger partial charge in [-0.2, -0.15) is 0 Å². The van der Waals surface area contributed by atoms with Gasteiger partial charge in [0.15, 0.2) is 0 Å². The van der Waals surface area contributed by atoms with Gasteiger partial charge >= 0.3 is 5.97 Å². The highest BCUT2D eigenvalue weighted by atomic mass is 35.5. The van der Waals surface area contributed by atoms with E-state index in [0.29, 0.717) is 18.1 Å². The van der Waals surface area contributed by atoms with Crippen molar-refractivity contribution in [3.8, 4) is 0 Å². The van der Waals surface area contributed by atoms with E-state index in [-0.39, 0.29) is 0 Å². The Morgan fingerprint density at radius 1 is 1.41 bits per heavy atom. The molecular formula is C13H18ClNO2. The molecule has 1 aromatic carbocycles. The van der Waals surface area contributed by atoms with E-state index in [9.17, 15) is 9.90 Å². The predicted octanol–water partition coefficient (Wildman–Crippen LogP) is 3.12. The molecule has 0 amide bonds. The van der Waals surface area contributed by atoms with E-state index in [1.807, 2.05) is 25.7 Å². The van der Waals surface area contributed by atoms with Gasteiger partial charge in [0.05, 0.1) is 0 Å². The number of likely N-dealkylation sites (N-methyl/N-ethyl adjacent to an activating group) is 1. The second-order valence-electron chi connectivity index (χ2n) is 3.96. The van der Waals surface area contributed by atoms with E-state index in [1.165, 1.54) is 0 Å². The average Bonchev–Trinajstić information content (AvgIpc) is 2.26. The largest absolute Gasteiger partial charge is 0.480 e. The molecule has 17 heavy (non-hydrogen) atoms. The summed E-state index contributed by atoms with van der Waals surface area (Å²) in [4.78, 5) is 13.3. The zero-order chi connectivity index (χ0) is 13.0. The summed E-state index contributed by atoms with van der Waals surface area (Å²) < 4.78 is 0. The molecule has 1 N–H and O–H groups in total. The number of aliphatic carboxylic acids is 1. The quantitative estimate of drug-likeness (QED) is 0.879. The van der Waals surface area contributed by atoms with Crippen LogP contribution in [0.2, 0.25) is 5.02 Å². The zero-order valence-corrected chi connectivity index (χ0v) is 11.2. The van der Waals surface area contributed by atoms with Gasteiger partial charge < -0.3 is 5.11 Å². The summed E-state index contributed by atoms with van der Waals surface area (Å²) in [6, 6.07) is 4.75. The molecule has 1 rings (SSSR count). The second-order valence-corrected chi connectivity index (χ2v) is 4.40. The number of carbonyl (C=O) groups is 1. The van der Waals surface area contributed by atoms with Gasteiger partial charge in [0, 0.05) is 5.02 Å². The Morgan fingerprint density at radius 3 is 2.41 bits per heavy atom. The molecule has 3 nitrogen and oxygen atoms in total. The Labute approximate surface area is 107 Å². The first-order chi connectivity index (χ1) is 8.01. The van der Waals surface area contributed by atoms with Gasteiger partial charge in [0.2, 0.25) is 0 Å². The number of rotatable bonds is 5. The smallest absolute Gasteiger partial charge is 0.325 e. The number of carboxylic acid groups (broad SMARTS) is 1. The van der Waals surface area contributed by atoms with E-state index in [4.69, 9.17) is 11.6 Å². The molecule has 0 saturated heterocycles. The van der Waals surface area contributed by atoms with E-state index in [0.717, 1.165) is 11.1 Å². The van der Waals surface area contributed by atoms with Crippen LogP contribution in [-0.2, 0) is 4.79 Å². The SMILES string of the molecule is CCN(CC)C(C(=O)O)c1ccc(Cl)cc1C. The Kier molecular flexibility index (Phi) is 4.97. The lowest BCUT2D eigenvalue weighted by molar-refractivity contribution is -0.143. The first-order valence-corrected chi connectivity index (χ1v) is 6.11. The number of benzene rings is 1. The summed E-state index contributed by atoms with van der Waals surface area (Å²) in [6.07, 6.45) is 0. The molecule has 4 heteroatoms. The number of aryl methyl sites for hydroxylation is 1. The second kappa shape index (κ2) is 6.03. The molecule has 1 aromatic rings. The maximum absolute atomic E-state index is 11.4. The fourth-order valence-corrected chi connectivity index (χ4v) is 2.25. The third kappa shape index (κ3) is 3.20. The zero-order valence-electron chi connectivity index (χ0n) is 10.4. The van der Waals surface area contributed by atoms with Gasteiger partial charge in [-0.3, -0.25) is 9.69 Å². The van der Waals surface area contributed by atoms with Crippen molar-refractivity contribution in [1.82, 2.24) is 4.90 Å². The first kappa shape index (κ1) is 14.0. The van der Waals surface area contributed by atoms with Crippen molar-refractivity contribution in [2.75, 3.05) is 13.1 Å².